The van der Waals surface area contributed by atoms with Crippen LogP contribution in [0.3, 0.4) is 0 Å². The molecule has 1 fully saturated rings. The van der Waals surface area contributed by atoms with Gasteiger partial charge in [0.15, 0.2) is 0 Å². The minimum Gasteiger partial charge on any atom is -0.508 e. The maximum absolute atomic E-state index is 10.0. The van der Waals surface area contributed by atoms with Crippen LogP contribution in [0.15, 0.2) is 17.3 Å². The van der Waals surface area contributed by atoms with Crippen LogP contribution in [0.25, 0.3) is 0 Å². The number of hydrogen-bond acceptors (Lipinski definition) is 4. The number of rotatable bonds is 1. The number of benzene rings is 1. The van der Waals surface area contributed by atoms with Crippen molar-refractivity contribution < 1.29 is 15.1 Å². The zero-order chi connectivity index (χ0) is 15.0. The summed E-state index contributed by atoms with van der Waals surface area (Å²) in [5, 5.41) is 23.3. The number of nitrogens with zero attached hydrogens (tertiary/aromatic N) is 1. The van der Waals surface area contributed by atoms with Crippen LogP contribution < -0.4 is 4.74 Å². The largest absolute Gasteiger partial charge is 0.508 e. The Balaban J connectivity index is 2.23. The Morgan fingerprint density at radius 3 is 2.81 bits per heavy atom. The van der Waals surface area contributed by atoms with Gasteiger partial charge in [0, 0.05) is 17.4 Å². The summed E-state index contributed by atoms with van der Waals surface area (Å²) in [5.41, 5.74) is 2.80. The lowest BCUT2D eigenvalue weighted by Crippen LogP contribution is -2.44. The van der Waals surface area contributed by atoms with Crippen LogP contribution in [-0.4, -0.2) is 23.1 Å². The summed E-state index contributed by atoms with van der Waals surface area (Å²) < 4.78 is 5.48. The minimum atomic E-state index is -0.306. The first-order valence-electron chi connectivity index (χ1n) is 7.73. The van der Waals surface area contributed by atoms with E-state index >= 15 is 0 Å². The molecular formula is C17H23NO3. The number of fused-ring (bicyclic) bond motifs is 4. The van der Waals surface area contributed by atoms with Gasteiger partial charge in [-0.25, -0.2) is 0 Å². The lowest BCUT2D eigenvalue weighted by atomic mass is 9.61. The van der Waals surface area contributed by atoms with Crippen molar-refractivity contribution in [1.29, 1.82) is 0 Å². The molecule has 2 aliphatic carbocycles. The molecular weight excluding hydrogens is 266 g/mol. The third-order valence-electron chi connectivity index (χ3n) is 5.25. The fourth-order valence-corrected chi connectivity index (χ4v) is 4.19. The van der Waals surface area contributed by atoms with Gasteiger partial charge in [0.2, 0.25) is 0 Å². The number of phenols is 1. The first-order chi connectivity index (χ1) is 10.1. The third kappa shape index (κ3) is 2.17. The molecule has 2 bridgehead atoms. The number of hydrogen-bond donors (Lipinski definition) is 2. The predicted octanol–water partition coefficient (Wildman–Crippen LogP) is 3.63. The zero-order valence-corrected chi connectivity index (χ0v) is 12.7. The van der Waals surface area contributed by atoms with E-state index < -0.39 is 0 Å². The smallest absolute Gasteiger partial charge is 0.126 e. The molecule has 4 nitrogen and oxygen atoms in total. The number of oxime groups is 1. The Morgan fingerprint density at radius 2 is 2.10 bits per heavy atom. The molecule has 0 aromatic heterocycles. The number of aromatic hydroxyl groups is 1. The van der Waals surface area contributed by atoms with Crippen LogP contribution in [0.5, 0.6) is 11.5 Å². The van der Waals surface area contributed by atoms with E-state index in [-0.39, 0.29) is 17.1 Å². The predicted molar refractivity (Wildman–Crippen MR) is 81.5 cm³/mol. The normalized spacial score (nSPS) is 30.4. The zero-order valence-electron chi connectivity index (χ0n) is 12.7. The Hall–Kier alpha value is -1.71. The van der Waals surface area contributed by atoms with Gasteiger partial charge in [-0.3, -0.25) is 0 Å². The molecule has 114 valence electrons. The lowest BCUT2D eigenvalue weighted by Gasteiger charge is -2.43. The van der Waals surface area contributed by atoms with E-state index in [0.29, 0.717) is 0 Å². The van der Waals surface area contributed by atoms with Gasteiger partial charge in [-0.2, -0.15) is 0 Å². The molecule has 0 heterocycles. The van der Waals surface area contributed by atoms with E-state index in [9.17, 15) is 10.3 Å². The topological polar surface area (TPSA) is 62.0 Å². The SMILES string of the molecule is COc1cc(O)cc2c1CC1CCCCCC2(C)/C1=N\O. The van der Waals surface area contributed by atoms with Crippen molar-refractivity contribution in [2.24, 2.45) is 11.1 Å². The number of ether oxygens (including phenoxy) is 1. The molecule has 2 N–H and O–H groups in total. The van der Waals surface area contributed by atoms with E-state index in [4.69, 9.17) is 4.74 Å². The standard InChI is InChI=1S/C17H23NO3/c1-17-7-5-3-4-6-11(16(17)18-20)8-13-14(17)9-12(19)10-15(13)21-2/h9-11,19-20H,3-8H2,1-2H3/b18-16-. The fourth-order valence-electron chi connectivity index (χ4n) is 4.19. The molecule has 1 aromatic rings. The molecule has 21 heavy (non-hydrogen) atoms. The molecule has 2 unspecified atom stereocenters. The van der Waals surface area contributed by atoms with Gasteiger partial charge >= 0.3 is 0 Å². The first-order valence-corrected chi connectivity index (χ1v) is 7.73. The Bertz CT molecular complexity index is 582. The maximum atomic E-state index is 10.0. The fraction of sp³-hybridized carbons (Fsp3) is 0.588. The van der Waals surface area contributed by atoms with Gasteiger partial charge in [-0.1, -0.05) is 31.3 Å². The van der Waals surface area contributed by atoms with Crippen LogP contribution in [0.4, 0.5) is 0 Å². The van der Waals surface area contributed by atoms with Gasteiger partial charge in [0.1, 0.15) is 11.5 Å². The minimum absolute atomic E-state index is 0.213. The molecule has 0 saturated heterocycles. The Morgan fingerprint density at radius 1 is 1.29 bits per heavy atom. The summed E-state index contributed by atoms with van der Waals surface area (Å²) in [6.07, 6.45) is 6.33. The van der Waals surface area contributed by atoms with Crippen LogP contribution >= 0.6 is 0 Å². The highest BCUT2D eigenvalue weighted by Crippen LogP contribution is 2.48. The summed E-state index contributed by atoms with van der Waals surface area (Å²) in [6, 6.07) is 3.50. The average molecular weight is 289 g/mol. The van der Waals surface area contributed by atoms with Crippen LogP contribution in [-0.2, 0) is 11.8 Å². The van der Waals surface area contributed by atoms with E-state index in [1.807, 2.05) is 6.07 Å². The molecule has 0 amide bonds. The van der Waals surface area contributed by atoms with Crippen molar-refractivity contribution in [1.82, 2.24) is 0 Å². The second kappa shape index (κ2) is 5.24. The van der Waals surface area contributed by atoms with Crippen molar-refractivity contribution in [2.75, 3.05) is 7.11 Å². The highest BCUT2D eigenvalue weighted by atomic mass is 16.5. The molecule has 4 heteroatoms. The Kier molecular flexibility index (Phi) is 3.56. The summed E-state index contributed by atoms with van der Waals surface area (Å²) in [7, 11) is 1.64. The third-order valence-corrected chi connectivity index (χ3v) is 5.25. The molecule has 1 aromatic carbocycles. The van der Waals surface area contributed by atoms with Gasteiger partial charge in [0.25, 0.3) is 0 Å². The van der Waals surface area contributed by atoms with Gasteiger partial charge < -0.3 is 15.1 Å². The molecule has 0 spiro atoms. The van der Waals surface area contributed by atoms with Crippen molar-refractivity contribution >= 4 is 5.71 Å². The highest BCUT2D eigenvalue weighted by molar-refractivity contribution is 5.98. The molecule has 2 aliphatic rings. The first kappa shape index (κ1) is 14.2. The summed E-state index contributed by atoms with van der Waals surface area (Å²) >= 11 is 0. The molecule has 0 aliphatic heterocycles. The van der Waals surface area contributed by atoms with E-state index in [1.165, 1.54) is 12.8 Å². The second-order valence-electron chi connectivity index (χ2n) is 6.49. The maximum Gasteiger partial charge on any atom is 0.126 e. The van der Waals surface area contributed by atoms with Crippen molar-refractivity contribution in [3.63, 3.8) is 0 Å². The quantitative estimate of drug-likeness (QED) is 0.613. The van der Waals surface area contributed by atoms with E-state index in [0.717, 1.165) is 48.3 Å². The summed E-state index contributed by atoms with van der Waals surface area (Å²) in [5.74, 6) is 1.23. The number of methoxy groups -OCH3 is 1. The van der Waals surface area contributed by atoms with Gasteiger partial charge in [-0.05, 0) is 36.5 Å². The van der Waals surface area contributed by atoms with Crippen molar-refractivity contribution in [2.45, 2.75) is 50.9 Å². The van der Waals surface area contributed by atoms with Crippen molar-refractivity contribution in [3.05, 3.63) is 23.3 Å². The monoisotopic (exact) mass is 289 g/mol. The van der Waals surface area contributed by atoms with Crippen LogP contribution in [0.2, 0.25) is 0 Å². The molecule has 1 saturated carbocycles. The number of phenolic OH excluding ortho intramolecular Hbond substituents is 1. The van der Waals surface area contributed by atoms with Gasteiger partial charge in [-0.15, -0.1) is 0 Å². The van der Waals surface area contributed by atoms with E-state index in [1.54, 1.807) is 13.2 Å². The molecule has 2 atom stereocenters. The summed E-state index contributed by atoms with van der Waals surface area (Å²) in [6.45, 7) is 2.14. The van der Waals surface area contributed by atoms with E-state index in [2.05, 4.69) is 12.1 Å². The molecule has 0 radical (unpaired) electrons. The second-order valence-corrected chi connectivity index (χ2v) is 6.49. The summed E-state index contributed by atoms with van der Waals surface area (Å²) in [4.78, 5) is 0. The lowest BCUT2D eigenvalue weighted by molar-refractivity contribution is 0.295. The van der Waals surface area contributed by atoms with Crippen molar-refractivity contribution in [3.8, 4) is 11.5 Å². The molecule has 3 rings (SSSR count). The van der Waals surface area contributed by atoms with Crippen LogP contribution in [0.1, 0.15) is 50.2 Å². The van der Waals surface area contributed by atoms with Gasteiger partial charge in [0.05, 0.1) is 12.8 Å². The average Bonchev–Trinajstić information content (AvgIpc) is 2.46. The Labute approximate surface area is 125 Å². The highest BCUT2D eigenvalue weighted by Gasteiger charge is 2.44. The van der Waals surface area contributed by atoms with Crippen LogP contribution in [0, 0.1) is 5.92 Å².